The maximum absolute atomic E-state index is 12.6. The number of ether oxygens (including phenoxy) is 1. The van der Waals surface area contributed by atoms with E-state index in [0.29, 0.717) is 18.6 Å². The van der Waals surface area contributed by atoms with Crippen LogP contribution in [0.2, 0.25) is 0 Å². The normalized spacial score (nSPS) is 12.1. The fourth-order valence-corrected chi connectivity index (χ4v) is 3.53. The first kappa shape index (κ1) is 21.5. The van der Waals surface area contributed by atoms with E-state index in [4.69, 9.17) is 4.74 Å². The summed E-state index contributed by atoms with van der Waals surface area (Å²) in [7, 11) is 0. The Morgan fingerprint density at radius 1 is 1.18 bits per heavy atom. The largest absolute Gasteiger partial charge is 0.494 e. The molecule has 6 heteroatoms. The van der Waals surface area contributed by atoms with Crippen molar-refractivity contribution in [3.8, 4) is 5.75 Å². The average Bonchev–Trinajstić information content (AvgIpc) is 2.94. The minimum absolute atomic E-state index is 0.0761. The summed E-state index contributed by atoms with van der Waals surface area (Å²) in [5.74, 6) is -1.11. The third-order valence-electron chi connectivity index (χ3n) is 4.82. The summed E-state index contributed by atoms with van der Waals surface area (Å²) in [5, 5.41) is 12.3. The van der Waals surface area contributed by atoms with Crippen molar-refractivity contribution in [2.24, 2.45) is 5.92 Å². The van der Waals surface area contributed by atoms with Gasteiger partial charge in [-0.05, 0) is 64.8 Å². The van der Waals surface area contributed by atoms with Crippen LogP contribution in [0, 0.1) is 19.8 Å². The van der Waals surface area contributed by atoms with Crippen molar-refractivity contribution in [2.45, 2.75) is 47.1 Å². The van der Waals surface area contributed by atoms with E-state index < -0.39 is 11.9 Å². The van der Waals surface area contributed by atoms with E-state index in [-0.39, 0.29) is 18.5 Å². The van der Waals surface area contributed by atoms with Crippen LogP contribution in [0.4, 0.5) is 0 Å². The zero-order valence-corrected chi connectivity index (χ0v) is 17.3. The second kappa shape index (κ2) is 9.44. The van der Waals surface area contributed by atoms with Crippen molar-refractivity contribution in [1.82, 2.24) is 9.88 Å². The van der Waals surface area contributed by atoms with Gasteiger partial charge in [-0.15, -0.1) is 0 Å². The van der Waals surface area contributed by atoms with Crippen molar-refractivity contribution in [2.75, 3.05) is 13.2 Å². The molecule has 0 radical (unpaired) electrons. The van der Waals surface area contributed by atoms with Gasteiger partial charge in [-0.3, -0.25) is 9.59 Å². The molecule has 0 spiro atoms. The van der Waals surface area contributed by atoms with Gasteiger partial charge in [0.2, 0.25) is 0 Å². The molecule has 0 aliphatic carbocycles. The van der Waals surface area contributed by atoms with Crippen LogP contribution in [-0.2, 0) is 11.2 Å². The number of aryl methyl sites for hydroxylation is 1. The first-order valence-corrected chi connectivity index (χ1v) is 9.65. The number of benzene rings is 1. The van der Waals surface area contributed by atoms with Gasteiger partial charge in [0.15, 0.2) is 0 Å². The molecule has 1 heterocycles. The fraction of sp³-hybridized carbons (Fsp3) is 0.455. The van der Waals surface area contributed by atoms with Crippen LogP contribution in [0.1, 0.15) is 54.1 Å². The predicted octanol–water partition coefficient (Wildman–Crippen LogP) is 3.76. The molecule has 1 aromatic carbocycles. The number of carbonyl (C=O) groups excluding carboxylic acids is 1. The van der Waals surface area contributed by atoms with Crippen molar-refractivity contribution in [1.29, 1.82) is 0 Å². The number of carboxylic acids is 1. The van der Waals surface area contributed by atoms with Crippen LogP contribution < -0.4 is 10.1 Å². The number of hydrogen-bond acceptors (Lipinski definition) is 3. The van der Waals surface area contributed by atoms with E-state index in [0.717, 1.165) is 22.7 Å². The van der Waals surface area contributed by atoms with Gasteiger partial charge in [-0.25, -0.2) is 0 Å². The van der Waals surface area contributed by atoms with Crippen molar-refractivity contribution < 1.29 is 19.4 Å². The zero-order chi connectivity index (χ0) is 20.8. The molecule has 2 N–H and O–H groups in total. The number of amides is 1. The van der Waals surface area contributed by atoms with E-state index in [1.807, 2.05) is 51.1 Å². The molecule has 1 unspecified atom stereocenters. The molecule has 2 rings (SSSR count). The topological polar surface area (TPSA) is 80.6 Å². The number of aliphatic carboxylic acids is 1. The SMILES string of the molecule is CCOc1ccc(CC(CNC(=O)c2cc(C)n(C(C)C)c2C)C(=O)O)cc1. The van der Waals surface area contributed by atoms with Crippen LogP contribution in [0.15, 0.2) is 30.3 Å². The summed E-state index contributed by atoms with van der Waals surface area (Å²) in [4.78, 5) is 24.3. The van der Waals surface area contributed by atoms with E-state index in [9.17, 15) is 14.7 Å². The van der Waals surface area contributed by atoms with Crippen LogP contribution in [0.5, 0.6) is 5.75 Å². The number of nitrogens with zero attached hydrogens (tertiary/aromatic N) is 1. The molecule has 0 fully saturated rings. The Hall–Kier alpha value is -2.76. The number of carbonyl (C=O) groups is 2. The molecule has 0 saturated carbocycles. The Balaban J connectivity index is 2.04. The summed E-state index contributed by atoms with van der Waals surface area (Å²) in [6, 6.07) is 9.49. The van der Waals surface area contributed by atoms with Gasteiger partial charge >= 0.3 is 5.97 Å². The van der Waals surface area contributed by atoms with Crippen molar-refractivity contribution >= 4 is 11.9 Å². The molecule has 1 atom stereocenters. The molecule has 1 amide bonds. The highest BCUT2D eigenvalue weighted by Gasteiger charge is 2.22. The predicted molar refractivity (Wildman–Crippen MR) is 109 cm³/mol. The Kier molecular flexibility index (Phi) is 7.26. The van der Waals surface area contributed by atoms with Gasteiger partial charge in [0.1, 0.15) is 5.75 Å². The lowest BCUT2D eigenvalue weighted by atomic mass is 9.99. The van der Waals surface area contributed by atoms with Gasteiger partial charge < -0.3 is 19.7 Å². The standard InChI is InChI=1S/C22H30N2O4/c1-6-28-19-9-7-17(8-10-19)12-18(22(26)27)13-23-21(25)20-11-15(4)24(14(2)3)16(20)5/h7-11,14,18H,6,12-13H2,1-5H3,(H,23,25)(H,26,27). The fourth-order valence-electron chi connectivity index (χ4n) is 3.53. The molecule has 152 valence electrons. The van der Waals surface area contributed by atoms with Gasteiger partial charge in [-0.1, -0.05) is 12.1 Å². The van der Waals surface area contributed by atoms with Crippen LogP contribution in [0.3, 0.4) is 0 Å². The highest BCUT2D eigenvalue weighted by Crippen LogP contribution is 2.20. The van der Waals surface area contributed by atoms with Gasteiger partial charge in [0.05, 0.1) is 18.1 Å². The van der Waals surface area contributed by atoms with Crippen molar-refractivity contribution in [3.05, 3.63) is 52.8 Å². The lowest BCUT2D eigenvalue weighted by Crippen LogP contribution is -2.34. The lowest BCUT2D eigenvalue weighted by molar-refractivity contribution is -0.141. The van der Waals surface area contributed by atoms with Gasteiger partial charge in [-0.2, -0.15) is 0 Å². The third kappa shape index (κ3) is 5.15. The first-order chi connectivity index (χ1) is 13.2. The third-order valence-corrected chi connectivity index (χ3v) is 4.82. The average molecular weight is 386 g/mol. The second-order valence-electron chi connectivity index (χ2n) is 7.27. The highest BCUT2D eigenvalue weighted by atomic mass is 16.5. The monoisotopic (exact) mass is 386 g/mol. The highest BCUT2D eigenvalue weighted by molar-refractivity contribution is 5.96. The quantitative estimate of drug-likeness (QED) is 0.688. The number of hydrogen-bond donors (Lipinski definition) is 2. The Labute approximate surface area is 166 Å². The first-order valence-electron chi connectivity index (χ1n) is 9.65. The molecule has 6 nitrogen and oxygen atoms in total. The van der Waals surface area contributed by atoms with Crippen LogP contribution >= 0.6 is 0 Å². The molecule has 28 heavy (non-hydrogen) atoms. The van der Waals surface area contributed by atoms with E-state index in [1.54, 1.807) is 0 Å². The summed E-state index contributed by atoms with van der Waals surface area (Å²) in [6.07, 6.45) is 0.340. The summed E-state index contributed by atoms with van der Waals surface area (Å²) < 4.78 is 7.51. The number of aromatic nitrogens is 1. The Bertz CT molecular complexity index is 822. The molecule has 1 aromatic heterocycles. The van der Waals surface area contributed by atoms with Crippen molar-refractivity contribution in [3.63, 3.8) is 0 Å². The van der Waals surface area contributed by atoms with E-state index in [1.165, 1.54) is 0 Å². The Morgan fingerprint density at radius 2 is 1.82 bits per heavy atom. The maximum atomic E-state index is 12.6. The van der Waals surface area contributed by atoms with E-state index >= 15 is 0 Å². The Morgan fingerprint density at radius 3 is 2.32 bits per heavy atom. The number of carboxylic acid groups (broad SMARTS) is 1. The smallest absolute Gasteiger partial charge is 0.308 e. The minimum atomic E-state index is -0.929. The molecular formula is C22H30N2O4. The number of rotatable bonds is 9. The van der Waals surface area contributed by atoms with Crippen LogP contribution in [0.25, 0.3) is 0 Å². The minimum Gasteiger partial charge on any atom is -0.494 e. The van der Waals surface area contributed by atoms with Gasteiger partial charge in [0, 0.05) is 24.0 Å². The summed E-state index contributed by atoms with van der Waals surface area (Å²) in [6.45, 7) is 10.6. The number of nitrogens with one attached hydrogen (secondary N) is 1. The maximum Gasteiger partial charge on any atom is 0.308 e. The molecular weight excluding hydrogens is 356 g/mol. The molecule has 0 saturated heterocycles. The molecule has 0 aliphatic heterocycles. The zero-order valence-electron chi connectivity index (χ0n) is 17.3. The van der Waals surface area contributed by atoms with Crippen LogP contribution in [-0.4, -0.2) is 34.7 Å². The second-order valence-corrected chi connectivity index (χ2v) is 7.27. The molecule has 0 bridgehead atoms. The summed E-state index contributed by atoms with van der Waals surface area (Å²) in [5.41, 5.74) is 3.39. The summed E-state index contributed by atoms with van der Waals surface area (Å²) >= 11 is 0. The van der Waals surface area contributed by atoms with Gasteiger partial charge in [0.25, 0.3) is 5.91 Å². The molecule has 0 aliphatic rings. The molecule has 2 aromatic rings. The lowest BCUT2D eigenvalue weighted by Gasteiger charge is -2.15. The van der Waals surface area contributed by atoms with E-state index in [2.05, 4.69) is 23.7 Å².